The number of nitrogens with zero attached hydrogens (tertiary/aromatic N) is 1. The number of likely N-dealkylation sites (tertiary alicyclic amines) is 1. The maximum atomic E-state index is 14.2. The van der Waals surface area contributed by atoms with Crippen LogP contribution in [0.15, 0.2) is 36.4 Å². The predicted molar refractivity (Wildman–Crippen MR) is 117 cm³/mol. The molecule has 0 saturated carbocycles. The molecule has 2 unspecified atom stereocenters. The average Bonchev–Trinajstić information content (AvgIpc) is 3.24. The minimum atomic E-state index is -0.733. The molecule has 31 heavy (non-hydrogen) atoms. The first-order chi connectivity index (χ1) is 14.6. The number of hydrogen-bond acceptors (Lipinski definition) is 3. The Morgan fingerprint density at radius 1 is 1.16 bits per heavy atom. The second-order valence-corrected chi connectivity index (χ2v) is 10.0. The first kappa shape index (κ1) is 22.1. The van der Waals surface area contributed by atoms with Gasteiger partial charge < -0.3 is 9.64 Å². The topological polar surface area (TPSA) is 46.6 Å². The lowest BCUT2D eigenvalue weighted by atomic mass is 9.91. The molecule has 4 rings (SSSR count). The molecule has 4 nitrogen and oxygen atoms in total. The third kappa shape index (κ3) is 4.18. The van der Waals surface area contributed by atoms with Crippen molar-refractivity contribution in [3.8, 4) is 0 Å². The highest BCUT2D eigenvalue weighted by molar-refractivity contribution is 6.31. The Kier molecular flexibility index (Phi) is 5.78. The van der Waals surface area contributed by atoms with Crippen molar-refractivity contribution in [2.75, 3.05) is 0 Å². The van der Waals surface area contributed by atoms with E-state index in [2.05, 4.69) is 0 Å². The van der Waals surface area contributed by atoms with E-state index in [9.17, 15) is 14.0 Å². The van der Waals surface area contributed by atoms with Gasteiger partial charge in [-0.05, 0) is 74.6 Å². The standard InChI is InChI=1S/C24H24Cl2FNO3/c1-24(2,3)28-21(29)12-17(22(28)14-4-8-18(26)19(27)11-14)23(30)31-20-9-5-13-10-15(25)6-7-16(13)20/h4,6-8,10-11,17,20,22H,5,9,12H2,1-3H3/t17?,20-,22?/m0/s1. The van der Waals surface area contributed by atoms with Gasteiger partial charge in [0.2, 0.25) is 5.91 Å². The summed E-state index contributed by atoms with van der Waals surface area (Å²) in [4.78, 5) is 27.9. The second kappa shape index (κ2) is 8.10. The van der Waals surface area contributed by atoms with Gasteiger partial charge in [0, 0.05) is 17.0 Å². The van der Waals surface area contributed by atoms with Crippen LogP contribution < -0.4 is 0 Å². The van der Waals surface area contributed by atoms with Crippen LogP contribution in [-0.2, 0) is 20.7 Å². The number of carbonyl (C=O) groups is 2. The second-order valence-electron chi connectivity index (χ2n) is 9.17. The smallest absolute Gasteiger partial charge is 0.312 e. The van der Waals surface area contributed by atoms with E-state index in [4.69, 9.17) is 27.9 Å². The molecule has 0 N–H and O–H groups in total. The first-order valence-corrected chi connectivity index (χ1v) is 11.1. The summed E-state index contributed by atoms with van der Waals surface area (Å²) in [6.07, 6.45) is 1.09. The Morgan fingerprint density at radius 3 is 2.58 bits per heavy atom. The average molecular weight is 464 g/mol. The highest BCUT2D eigenvalue weighted by Gasteiger charge is 2.50. The number of aryl methyl sites for hydroxylation is 1. The SMILES string of the molecule is CC(C)(C)N1C(=O)CC(C(=O)O[C@H]2CCc3cc(Cl)ccc32)C1c1ccc(Cl)c(F)c1. The lowest BCUT2D eigenvalue weighted by molar-refractivity contribution is -0.155. The quantitative estimate of drug-likeness (QED) is 0.520. The summed E-state index contributed by atoms with van der Waals surface area (Å²) in [7, 11) is 0. The fraction of sp³-hybridized carbons (Fsp3) is 0.417. The number of fused-ring (bicyclic) bond motifs is 1. The van der Waals surface area contributed by atoms with E-state index in [1.54, 1.807) is 17.0 Å². The van der Waals surface area contributed by atoms with Crippen molar-refractivity contribution in [2.45, 2.75) is 57.7 Å². The third-order valence-corrected chi connectivity index (χ3v) is 6.56. The van der Waals surface area contributed by atoms with Crippen molar-refractivity contribution < 1.29 is 18.7 Å². The van der Waals surface area contributed by atoms with Crippen molar-refractivity contribution in [2.24, 2.45) is 5.92 Å². The van der Waals surface area contributed by atoms with Crippen LogP contribution in [0, 0.1) is 11.7 Å². The zero-order valence-electron chi connectivity index (χ0n) is 17.6. The van der Waals surface area contributed by atoms with Crippen molar-refractivity contribution in [1.82, 2.24) is 4.90 Å². The van der Waals surface area contributed by atoms with Gasteiger partial charge in [0.1, 0.15) is 11.9 Å². The normalized spacial score (nSPS) is 23.2. The van der Waals surface area contributed by atoms with E-state index < -0.39 is 29.3 Å². The van der Waals surface area contributed by atoms with Gasteiger partial charge in [-0.1, -0.05) is 35.3 Å². The van der Waals surface area contributed by atoms with Crippen molar-refractivity contribution >= 4 is 35.1 Å². The summed E-state index contributed by atoms with van der Waals surface area (Å²) in [6, 6.07) is 9.36. The van der Waals surface area contributed by atoms with Gasteiger partial charge in [0.25, 0.3) is 0 Å². The van der Waals surface area contributed by atoms with Crippen LogP contribution in [0.5, 0.6) is 0 Å². The van der Waals surface area contributed by atoms with Gasteiger partial charge in [0.15, 0.2) is 0 Å². The molecule has 3 atom stereocenters. The van der Waals surface area contributed by atoms with Gasteiger partial charge in [-0.2, -0.15) is 0 Å². The van der Waals surface area contributed by atoms with Crippen LogP contribution >= 0.6 is 23.2 Å². The van der Waals surface area contributed by atoms with Crippen LogP contribution in [0.2, 0.25) is 10.0 Å². The molecule has 1 aliphatic carbocycles. The molecule has 2 aromatic carbocycles. The highest BCUT2D eigenvalue weighted by atomic mass is 35.5. The van der Waals surface area contributed by atoms with E-state index in [0.717, 1.165) is 17.5 Å². The summed E-state index contributed by atoms with van der Waals surface area (Å²) in [5, 5.41) is 0.647. The number of amides is 1. The van der Waals surface area contributed by atoms with E-state index in [-0.39, 0.29) is 23.5 Å². The van der Waals surface area contributed by atoms with E-state index in [1.165, 1.54) is 12.1 Å². The number of benzene rings is 2. The highest BCUT2D eigenvalue weighted by Crippen LogP contribution is 2.45. The number of halogens is 3. The maximum Gasteiger partial charge on any atom is 0.312 e. The molecular formula is C24H24Cl2FNO3. The Labute approximate surface area is 191 Å². The minimum absolute atomic E-state index is 0.00395. The molecule has 1 amide bonds. The van der Waals surface area contributed by atoms with E-state index in [0.29, 0.717) is 17.0 Å². The summed E-state index contributed by atoms with van der Waals surface area (Å²) in [5.74, 6) is -1.92. The number of esters is 1. The van der Waals surface area contributed by atoms with Crippen molar-refractivity contribution in [3.63, 3.8) is 0 Å². The molecule has 0 radical (unpaired) electrons. The molecule has 1 saturated heterocycles. The Morgan fingerprint density at radius 2 is 1.90 bits per heavy atom. The third-order valence-electron chi connectivity index (χ3n) is 6.02. The van der Waals surface area contributed by atoms with Gasteiger partial charge in [-0.15, -0.1) is 0 Å². The monoisotopic (exact) mass is 463 g/mol. The summed E-state index contributed by atoms with van der Waals surface area (Å²) >= 11 is 11.9. The number of ether oxygens (including phenoxy) is 1. The zero-order chi connectivity index (χ0) is 22.5. The predicted octanol–water partition coefficient (Wildman–Crippen LogP) is 6.05. The van der Waals surface area contributed by atoms with Gasteiger partial charge >= 0.3 is 5.97 Å². The Balaban J connectivity index is 1.65. The molecule has 0 bridgehead atoms. The van der Waals surface area contributed by atoms with Crippen LogP contribution in [0.3, 0.4) is 0 Å². The maximum absolute atomic E-state index is 14.2. The van der Waals surface area contributed by atoms with Crippen LogP contribution in [0.1, 0.15) is 62.4 Å². The molecule has 1 fully saturated rings. The Hall–Kier alpha value is -2.11. The van der Waals surface area contributed by atoms with E-state index in [1.807, 2.05) is 32.9 Å². The minimum Gasteiger partial charge on any atom is -0.457 e. The lowest BCUT2D eigenvalue weighted by Crippen LogP contribution is -2.44. The largest absolute Gasteiger partial charge is 0.457 e. The number of carbonyl (C=O) groups excluding carboxylic acids is 2. The molecule has 7 heteroatoms. The summed E-state index contributed by atoms with van der Waals surface area (Å²) in [5.41, 5.74) is 2.00. The molecule has 0 aromatic heterocycles. The lowest BCUT2D eigenvalue weighted by Gasteiger charge is -2.38. The first-order valence-electron chi connectivity index (χ1n) is 10.3. The molecule has 164 valence electrons. The van der Waals surface area contributed by atoms with Crippen LogP contribution in [0.25, 0.3) is 0 Å². The van der Waals surface area contributed by atoms with Crippen molar-refractivity contribution in [1.29, 1.82) is 0 Å². The molecule has 2 aliphatic rings. The summed E-state index contributed by atoms with van der Waals surface area (Å²) in [6.45, 7) is 5.69. The molecule has 1 heterocycles. The molecular weight excluding hydrogens is 440 g/mol. The van der Waals surface area contributed by atoms with Gasteiger partial charge in [-0.25, -0.2) is 4.39 Å². The fourth-order valence-corrected chi connectivity index (χ4v) is 5.02. The fourth-order valence-electron chi connectivity index (χ4n) is 4.71. The number of hydrogen-bond donors (Lipinski definition) is 0. The summed E-state index contributed by atoms with van der Waals surface area (Å²) < 4.78 is 20.1. The number of rotatable bonds is 3. The molecule has 2 aromatic rings. The molecule has 1 aliphatic heterocycles. The Bertz CT molecular complexity index is 1050. The zero-order valence-corrected chi connectivity index (χ0v) is 19.1. The van der Waals surface area contributed by atoms with Crippen molar-refractivity contribution in [3.05, 3.63) is 69.0 Å². The van der Waals surface area contributed by atoms with Crippen LogP contribution in [-0.4, -0.2) is 22.3 Å². The molecule has 0 spiro atoms. The van der Waals surface area contributed by atoms with E-state index >= 15 is 0 Å². The van der Waals surface area contributed by atoms with Crippen LogP contribution in [0.4, 0.5) is 4.39 Å². The van der Waals surface area contributed by atoms with Gasteiger partial charge in [-0.3, -0.25) is 9.59 Å². The van der Waals surface area contributed by atoms with Gasteiger partial charge in [0.05, 0.1) is 17.0 Å².